The van der Waals surface area contributed by atoms with Crippen LogP contribution >= 0.6 is 0 Å². The number of benzene rings is 1. The fraction of sp³-hybridized carbons (Fsp3) is 0.444. The number of hydrogen-bond acceptors (Lipinski definition) is 7. The summed E-state index contributed by atoms with van der Waals surface area (Å²) in [5, 5.41) is 6.96. The SMILES string of the molecule is CC1N(c2ccc(N3C[C@@H]4[C@@H](N)[C@@H]4C3)cc2)C(=O)O[C@]12Nc1nocc12. The third-order valence-electron chi connectivity index (χ3n) is 6.45. The highest BCUT2D eigenvalue weighted by Gasteiger charge is 2.61. The molecule has 1 aliphatic carbocycles. The summed E-state index contributed by atoms with van der Waals surface area (Å²) >= 11 is 0. The van der Waals surface area contributed by atoms with E-state index >= 15 is 0 Å². The average molecular weight is 353 g/mol. The third-order valence-corrected chi connectivity index (χ3v) is 6.45. The quantitative estimate of drug-likeness (QED) is 0.848. The molecule has 8 heteroatoms. The Bertz CT molecular complexity index is 900. The lowest BCUT2D eigenvalue weighted by Crippen LogP contribution is -2.52. The number of nitrogens with zero attached hydrogens (tertiary/aromatic N) is 3. The summed E-state index contributed by atoms with van der Waals surface area (Å²) in [6.07, 6.45) is 1.16. The van der Waals surface area contributed by atoms with Crippen LogP contribution in [0.25, 0.3) is 0 Å². The average Bonchev–Trinajstić information content (AvgIpc) is 3.04. The Hall–Kier alpha value is -2.74. The molecule has 3 fully saturated rings. The summed E-state index contributed by atoms with van der Waals surface area (Å²) in [4.78, 5) is 16.6. The van der Waals surface area contributed by atoms with E-state index in [0.717, 1.165) is 24.3 Å². The number of carbonyl (C=O) groups excluding carboxylic acids is 1. The van der Waals surface area contributed by atoms with E-state index in [4.69, 9.17) is 15.0 Å². The van der Waals surface area contributed by atoms with Crippen LogP contribution in [0.2, 0.25) is 0 Å². The van der Waals surface area contributed by atoms with Gasteiger partial charge in [-0.3, -0.25) is 4.90 Å². The fourth-order valence-corrected chi connectivity index (χ4v) is 4.73. The summed E-state index contributed by atoms with van der Waals surface area (Å²) in [5.74, 6) is 1.92. The molecule has 1 saturated carbocycles. The zero-order valence-corrected chi connectivity index (χ0v) is 14.3. The number of amides is 1. The smallest absolute Gasteiger partial charge is 0.416 e. The number of rotatable bonds is 2. The topological polar surface area (TPSA) is 96.9 Å². The van der Waals surface area contributed by atoms with Gasteiger partial charge in [0.15, 0.2) is 5.82 Å². The van der Waals surface area contributed by atoms with E-state index < -0.39 is 5.72 Å². The molecule has 1 unspecified atom stereocenters. The van der Waals surface area contributed by atoms with Crippen molar-refractivity contribution in [2.24, 2.45) is 17.6 Å². The summed E-state index contributed by atoms with van der Waals surface area (Å²) in [7, 11) is 0. The number of ether oxygens (including phenoxy) is 1. The van der Waals surface area contributed by atoms with Gasteiger partial charge in [-0.25, -0.2) is 4.79 Å². The van der Waals surface area contributed by atoms with E-state index in [1.54, 1.807) is 4.90 Å². The zero-order valence-electron chi connectivity index (χ0n) is 14.3. The van der Waals surface area contributed by atoms with E-state index in [0.29, 0.717) is 23.7 Å². The van der Waals surface area contributed by atoms with Crippen LogP contribution in [-0.4, -0.2) is 36.4 Å². The second-order valence-electron chi connectivity index (χ2n) is 7.68. The summed E-state index contributed by atoms with van der Waals surface area (Å²) < 4.78 is 10.6. The lowest BCUT2D eigenvalue weighted by Gasteiger charge is -2.39. The first-order chi connectivity index (χ1) is 12.6. The molecule has 3 aliphatic heterocycles. The van der Waals surface area contributed by atoms with Crippen molar-refractivity contribution in [3.05, 3.63) is 36.1 Å². The number of hydrogen-bond donors (Lipinski definition) is 2. The molecule has 0 bridgehead atoms. The molecule has 1 aromatic carbocycles. The lowest BCUT2D eigenvalue weighted by atomic mass is 9.91. The third kappa shape index (κ3) is 1.63. The molecule has 8 nitrogen and oxygen atoms in total. The molecule has 4 aliphatic rings. The van der Waals surface area contributed by atoms with Crippen molar-refractivity contribution in [1.82, 2.24) is 5.16 Å². The maximum Gasteiger partial charge on any atom is 0.417 e. The number of fused-ring (bicyclic) bond motifs is 3. The number of piperidine rings is 1. The predicted octanol–water partition coefficient (Wildman–Crippen LogP) is 1.69. The van der Waals surface area contributed by atoms with Gasteiger partial charge in [0.1, 0.15) is 17.9 Å². The van der Waals surface area contributed by atoms with Crippen molar-refractivity contribution in [1.29, 1.82) is 0 Å². The van der Waals surface area contributed by atoms with Gasteiger partial charge in [0.2, 0.25) is 5.72 Å². The molecule has 4 heterocycles. The highest BCUT2D eigenvalue weighted by atomic mass is 16.6. The first-order valence-corrected chi connectivity index (χ1v) is 8.94. The maximum absolute atomic E-state index is 12.5. The highest BCUT2D eigenvalue weighted by Crippen LogP contribution is 2.50. The number of nitrogens with two attached hydrogens (primary N) is 1. The van der Waals surface area contributed by atoms with Gasteiger partial charge in [-0.2, -0.15) is 0 Å². The summed E-state index contributed by atoms with van der Waals surface area (Å²) in [6.45, 7) is 4.00. The predicted molar refractivity (Wildman–Crippen MR) is 93.8 cm³/mol. The molecular weight excluding hydrogens is 334 g/mol. The van der Waals surface area contributed by atoms with Crippen molar-refractivity contribution in [2.75, 3.05) is 28.2 Å². The van der Waals surface area contributed by atoms with Gasteiger partial charge >= 0.3 is 6.09 Å². The molecule has 6 rings (SSSR count). The van der Waals surface area contributed by atoms with Gasteiger partial charge in [0, 0.05) is 30.5 Å². The lowest BCUT2D eigenvalue weighted by molar-refractivity contribution is 0.0490. The first-order valence-electron chi connectivity index (χ1n) is 8.94. The Balaban J connectivity index is 1.25. The van der Waals surface area contributed by atoms with Crippen LogP contribution in [0.15, 0.2) is 35.1 Å². The molecule has 0 radical (unpaired) electrons. The maximum atomic E-state index is 12.5. The van der Waals surface area contributed by atoms with Crippen molar-refractivity contribution in [3.63, 3.8) is 0 Å². The molecule has 134 valence electrons. The van der Waals surface area contributed by atoms with Gasteiger partial charge < -0.3 is 25.2 Å². The molecule has 5 atom stereocenters. The van der Waals surface area contributed by atoms with Gasteiger partial charge in [0.25, 0.3) is 0 Å². The molecule has 1 aromatic heterocycles. The number of nitrogens with one attached hydrogen (secondary N) is 1. The Morgan fingerprint density at radius 1 is 1.23 bits per heavy atom. The van der Waals surface area contributed by atoms with Crippen LogP contribution in [-0.2, 0) is 10.5 Å². The Morgan fingerprint density at radius 3 is 2.62 bits per heavy atom. The van der Waals surface area contributed by atoms with Crippen LogP contribution in [0.3, 0.4) is 0 Å². The second-order valence-corrected chi connectivity index (χ2v) is 7.68. The molecular formula is C18H19N5O3. The van der Waals surface area contributed by atoms with Crippen LogP contribution < -0.4 is 20.9 Å². The normalized spacial score (nSPS) is 36.5. The molecule has 26 heavy (non-hydrogen) atoms. The highest BCUT2D eigenvalue weighted by molar-refractivity contribution is 5.93. The van der Waals surface area contributed by atoms with Crippen molar-refractivity contribution >= 4 is 23.3 Å². The number of aromatic nitrogens is 1. The van der Waals surface area contributed by atoms with Crippen molar-refractivity contribution in [2.45, 2.75) is 24.7 Å². The largest absolute Gasteiger partial charge is 0.417 e. The minimum Gasteiger partial charge on any atom is -0.416 e. The van der Waals surface area contributed by atoms with Gasteiger partial charge in [-0.05, 0) is 43.0 Å². The minimum absolute atomic E-state index is 0.217. The second kappa shape index (κ2) is 4.50. The summed E-state index contributed by atoms with van der Waals surface area (Å²) in [6, 6.07) is 8.25. The van der Waals surface area contributed by atoms with Crippen LogP contribution in [0.4, 0.5) is 22.0 Å². The molecule has 2 aromatic rings. The van der Waals surface area contributed by atoms with E-state index in [-0.39, 0.29) is 12.1 Å². The number of anilines is 3. The molecule has 1 spiro atoms. The van der Waals surface area contributed by atoms with Crippen LogP contribution in [0.5, 0.6) is 0 Å². The molecule has 3 N–H and O–H groups in total. The van der Waals surface area contributed by atoms with Gasteiger partial charge in [-0.1, -0.05) is 5.16 Å². The van der Waals surface area contributed by atoms with E-state index in [9.17, 15) is 4.79 Å². The zero-order chi connectivity index (χ0) is 17.6. The fourth-order valence-electron chi connectivity index (χ4n) is 4.73. The number of carbonyl (C=O) groups is 1. The van der Waals surface area contributed by atoms with Crippen LogP contribution in [0, 0.1) is 11.8 Å². The Morgan fingerprint density at radius 2 is 1.92 bits per heavy atom. The monoisotopic (exact) mass is 353 g/mol. The minimum atomic E-state index is -0.878. The van der Waals surface area contributed by atoms with E-state index in [1.807, 2.05) is 19.1 Å². The van der Waals surface area contributed by atoms with Gasteiger partial charge in [-0.15, -0.1) is 0 Å². The Labute approximate surface area is 149 Å². The standard InChI is InChI=1S/C18H19N5O3/c1-9-18(14-8-25-21-16(14)20-18)26-17(24)23(9)11-4-2-10(3-5-11)22-6-12-13(7-22)15(12)19/h2-5,8-9,12-13,15H,6-7,19H2,1H3,(H,20,21)/t9?,12-,13+,15+,18-/m1/s1. The van der Waals surface area contributed by atoms with E-state index in [2.05, 4.69) is 27.5 Å². The molecule has 1 amide bonds. The van der Waals surface area contributed by atoms with E-state index in [1.165, 1.54) is 12.0 Å². The van der Waals surface area contributed by atoms with Crippen LogP contribution in [0.1, 0.15) is 12.5 Å². The summed E-state index contributed by atoms with van der Waals surface area (Å²) in [5.41, 5.74) is 7.91. The van der Waals surface area contributed by atoms with Gasteiger partial charge in [0.05, 0.1) is 0 Å². The van der Waals surface area contributed by atoms with Crippen molar-refractivity contribution in [3.8, 4) is 0 Å². The first kappa shape index (κ1) is 14.4. The van der Waals surface area contributed by atoms with Crippen molar-refractivity contribution < 1.29 is 14.1 Å². The molecule has 2 saturated heterocycles. The Kier molecular flexibility index (Phi) is 2.50.